The van der Waals surface area contributed by atoms with Crippen LogP contribution in [0.25, 0.3) is 11.3 Å². The van der Waals surface area contributed by atoms with Gasteiger partial charge in [-0.25, -0.2) is 4.68 Å². The molecule has 2 atom stereocenters. The van der Waals surface area contributed by atoms with Crippen LogP contribution < -0.4 is 0 Å². The van der Waals surface area contributed by atoms with Gasteiger partial charge in [0.05, 0.1) is 23.6 Å². The predicted octanol–water partition coefficient (Wildman–Crippen LogP) is 3.72. The van der Waals surface area contributed by atoms with E-state index in [1.165, 1.54) is 50.0 Å². The fourth-order valence-corrected chi connectivity index (χ4v) is 4.60. The van der Waals surface area contributed by atoms with Crippen LogP contribution in [0.2, 0.25) is 0 Å². The van der Waals surface area contributed by atoms with Gasteiger partial charge in [-0.15, -0.1) is 5.10 Å². The van der Waals surface area contributed by atoms with Crippen molar-refractivity contribution in [2.24, 2.45) is 0 Å². The zero-order valence-corrected chi connectivity index (χ0v) is 17.7. The Morgan fingerprint density at radius 3 is 2.46 bits per heavy atom. The fraction of sp³-hybridized carbons (Fsp3) is 0.619. The standard InChI is InChI=1S/C21H31N5.ClHO/c1-3-5-9-13-24-14-18-19(15-24)26-20(16-25(18)12-4-2)21(22-23-26)17-10-7-6-8-11-17;1-2/h6-8,10-11,18-19H,3-5,9,12-16H2,1-2H3;2H. The summed E-state index contributed by atoms with van der Waals surface area (Å²) in [7, 11) is 0. The molecule has 4 rings (SSSR count). The Hall–Kier alpha value is -1.47. The predicted molar refractivity (Wildman–Crippen MR) is 113 cm³/mol. The fourth-order valence-electron chi connectivity index (χ4n) is 4.60. The average Bonchev–Trinajstić information content (AvgIpc) is 3.35. The van der Waals surface area contributed by atoms with Crippen LogP contribution in [0, 0.1) is 0 Å². The topological polar surface area (TPSA) is 57.4 Å². The SMILES string of the molecule is CCCCCN1CC2C(C1)n1nnc(-c3ccccc3)c1CN2CCC.OCl. The molecule has 0 aliphatic carbocycles. The number of nitrogens with zero attached hydrogens (tertiary/aromatic N) is 5. The van der Waals surface area contributed by atoms with E-state index in [0.717, 1.165) is 25.3 Å². The van der Waals surface area contributed by atoms with Crippen molar-refractivity contribution in [2.75, 3.05) is 26.2 Å². The van der Waals surface area contributed by atoms with E-state index in [0.29, 0.717) is 12.1 Å². The molecule has 0 amide bonds. The molecular formula is C21H32ClN5O. The van der Waals surface area contributed by atoms with Crippen molar-refractivity contribution in [3.8, 4) is 11.3 Å². The molecule has 1 fully saturated rings. The summed E-state index contributed by atoms with van der Waals surface area (Å²) in [6.45, 7) is 10.2. The second kappa shape index (κ2) is 10.3. The molecule has 2 aromatic rings. The Bertz CT molecular complexity index is 723. The quantitative estimate of drug-likeness (QED) is 0.711. The summed E-state index contributed by atoms with van der Waals surface area (Å²) in [5, 5.41) is 9.21. The molecule has 1 N–H and O–H groups in total. The highest BCUT2D eigenvalue weighted by Gasteiger charge is 2.43. The maximum atomic E-state index is 6.47. The Morgan fingerprint density at radius 1 is 1.00 bits per heavy atom. The van der Waals surface area contributed by atoms with Gasteiger partial charge >= 0.3 is 0 Å². The van der Waals surface area contributed by atoms with Gasteiger partial charge in [-0.05, 0) is 25.9 Å². The Kier molecular flexibility index (Phi) is 7.85. The van der Waals surface area contributed by atoms with Crippen LogP contribution in [0.1, 0.15) is 51.3 Å². The molecule has 28 heavy (non-hydrogen) atoms. The van der Waals surface area contributed by atoms with E-state index in [9.17, 15) is 0 Å². The zero-order chi connectivity index (χ0) is 19.9. The van der Waals surface area contributed by atoms with E-state index < -0.39 is 0 Å². The summed E-state index contributed by atoms with van der Waals surface area (Å²) in [5.41, 5.74) is 3.54. The van der Waals surface area contributed by atoms with Gasteiger partial charge in [0.15, 0.2) is 0 Å². The molecule has 1 aromatic heterocycles. The summed E-state index contributed by atoms with van der Waals surface area (Å²) in [5.74, 6) is 0. The number of hydrogen-bond acceptors (Lipinski definition) is 5. The molecular weight excluding hydrogens is 374 g/mol. The van der Waals surface area contributed by atoms with Crippen molar-refractivity contribution in [1.29, 1.82) is 0 Å². The minimum absolute atomic E-state index is 0.442. The van der Waals surface area contributed by atoms with Crippen molar-refractivity contribution in [3.05, 3.63) is 36.0 Å². The third kappa shape index (κ3) is 4.40. The van der Waals surface area contributed by atoms with Gasteiger partial charge in [0.1, 0.15) is 5.69 Å². The smallest absolute Gasteiger partial charge is 0.117 e. The van der Waals surface area contributed by atoms with Gasteiger partial charge in [-0.1, -0.05) is 62.2 Å². The molecule has 7 heteroatoms. The maximum absolute atomic E-state index is 6.47. The summed E-state index contributed by atoms with van der Waals surface area (Å²) in [4.78, 5) is 5.32. The van der Waals surface area contributed by atoms with E-state index in [-0.39, 0.29) is 0 Å². The minimum atomic E-state index is 0.442. The number of rotatable bonds is 7. The molecule has 6 nitrogen and oxygen atoms in total. The van der Waals surface area contributed by atoms with Crippen LogP contribution >= 0.6 is 11.9 Å². The lowest BCUT2D eigenvalue weighted by atomic mass is 10.0. The molecule has 0 bridgehead atoms. The van der Waals surface area contributed by atoms with E-state index in [1.54, 1.807) is 0 Å². The molecule has 2 aliphatic heterocycles. The molecule has 0 saturated carbocycles. The number of hydrogen-bond donors (Lipinski definition) is 1. The first-order valence-corrected chi connectivity index (χ1v) is 10.8. The van der Waals surface area contributed by atoms with Crippen LogP contribution in [0.4, 0.5) is 0 Å². The second-order valence-electron chi connectivity index (χ2n) is 7.77. The van der Waals surface area contributed by atoms with Crippen molar-refractivity contribution in [2.45, 2.75) is 58.2 Å². The van der Waals surface area contributed by atoms with Crippen LogP contribution in [0.15, 0.2) is 30.3 Å². The van der Waals surface area contributed by atoms with Gasteiger partial charge in [-0.3, -0.25) is 14.5 Å². The van der Waals surface area contributed by atoms with E-state index in [1.807, 2.05) is 0 Å². The highest BCUT2D eigenvalue weighted by Crippen LogP contribution is 2.36. The van der Waals surface area contributed by atoms with E-state index in [4.69, 9.17) is 4.66 Å². The monoisotopic (exact) mass is 405 g/mol. The maximum Gasteiger partial charge on any atom is 0.117 e. The number of fused-ring (bicyclic) bond motifs is 3. The minimum Gasteiger partial charge on any atom is -0.300 e. The van der Waals surface area contributed by atoms with E-state index >= 15 is 0 Å². The Labute approximate surface area is 173 Å². The van der Waals surface area contributed by atoms with Crippen molar-refractivity contribution >= 4 is 11.9 Å². The average molecular weight is 406 g/mol. The first kappa shape index (κ1) is 21.2. The van der Waals surface area contributed by atoms with Gasteiger partial charge in [0, 0.05) is 31.2 Å². The molecule has 0 spiro atoms. The third-order valence-electron chi connectivity index (χ3n) is 5.90. The Balaban J connectivity index is 0.00000109. The van der Waals surface area contributed by atoms with Gasteiger partial charge in [-0.2, -0.15) is 0 Å². The largest absolute Gasteiger partial charge is 0.300 e. The van der Waals surface area contributed by atoms with Crippen LogP contribution in [0.3, 0.4) is 0 Å². The number of halogens is 1. The highest BCUT2D eigenvalue weighted by molar-refractivity contribution is 6.04. The summed E-state index contributed by atoms with van der Waals surface area (Å²) >= 11 is 3.64. The molecule has 1 aromatic carbocycles. The lowest BCUT2D eigenvalue weighted by molar-refractivity contribution is 0.122. The second-order valence-corrected chi connectivity index (χ2v) is 7.77. The molecule has 1 saturated heterocycles. The molecule has 2 unspecified atom stereocenters. The number of benzene rings is 1. The zero-order valence-electron chi connectivity index (χ0n) is 17.0. The molecule has 2 aliphatic rings. The normalized spacial score (nSPS) is 21.7. The van der Waals surface area contributed by atoms with Gasteiger partial charge < -0.3 is 0 Å². The summed E-state index contributed by atoms with van der Waals surface area (Å²) in [6.07, 6.45) is 5.12. The van der Waals surface area contributed by atoms with Crippen LogP contribution in [-0.4, -0.2) is 61.7 Å². The Morgan fingerprint density at radius 2 is 1.75 bits per heavy atom. The van der Waals surface area contributed by atoms with E-state index in [2.05, 4.69) is 80.8 Å². The number of likely N-dealkylation sites (tertiary alicyclic amines) is 1. The van der Waals surface area contributed by atoms with Crippen molar-refractivity contribution in [1.82, 2.24) is 24.8 Å². The molecule has 0 radical (unpaired) electrons. The third-order valence-corrected chi connectivity index (χ3v) is 5.90. The highest BCUT2D eigenvalue weighted by atomic mass is 35.5. The number of aromatic nitrogens is 3. The van der Waals surface area contributed by atoms with Crippen molar-refractivity contribution in [3.63, 3.8) is 0 Å². The lowest BCUT2D eigenvalue weighted by Gasteiger charge is -2.37. The first-order chi connectivity index (χ1) is 13.8. The summed E-state index contributed by atoms with van der Waals surface area (Å²) in [6, 6.07) is 11.5. The van der Waals surface area contributed by atoms with Crippen LogP contribution in [-0.2, 0) is 6.54 Å². The van der Waals surface area contributed by atoms with Crippen LogP contribution in [0.5, 0.6) is 0 Å². The summed E-state index contributed by atoms with van der Waals surface area (Å²) < 4.78 is 8.72. The first-order valence-electron chi connectivity index (χ1n) is 10.4. The van der Waals surface area contributed by atoms with Crippen molar-refractivity contribution < 1.29 is 4.66 Å². The molecule has 154 valence electrons. The van der Waals surface area contributed by atoms with Gasteiger partial charge in [0.25, 0.3) is 0 Å². The lowest BCUT2D eigenvalue weighted by Crippen LogP contribution is -2.46. The molecule has 3 heterocycles. The number of unbranched alkanes of at least 4 members (excludes halogenated alkanes) is 2. The van der Waals surface area contributed by atoms with Gasteiger partial charge in [0.2, 0.25) is 0 Å².